The third-order valence-corrected chi connectivity index (χ3v) is 2.27. The number of nitrogens with one attached hydrogen (secondary N) is 2. The number of aromatic amines is 1. The van der Waals surface area contributed by atoms with E-state index in [-0.39, 0.29) is 0 Å². The van der Waals surface area contributed by atoms with E-state index < -0.39 is 0 Å². The van der Waals surface area contributed by atoms with Gasteiger partial charge in [-0.05, 0) is 18.9 Å². The van der Waals surface area contributed by atoms with Crippen LogP contribution in [0.2, 0.25) is 0 Å². The van der Waals surface area contributed by atoms with Gasteiger partial charge >= 0.3 is 0 Å². The van der Waals surface area contributed by atoms with Crippen LogP contribution in [0.4, 0.5) is 0 Å². The highest BCUT2D eigenvalue weighted by atomic mass is 15.1. The molecule has 0 radical (unpaired) electrons. The molecule has 1 aromatic heterocycles. The molecular weight excluding hydrogens is 162 g/mol. The Bertz CT molecular complexity index is 206. The molecule has 0 saturated heterocycles. The second-order valence-corrected chi connectivity index (χ2v) is 3.36. The van der Waals surface area contributed by atoms with Gasteiger partial charge in [-0.1, -0.05) is 20.3 Å². The second kappa shape index (κ2) is 5.75. The van der Waals surface area contributed by atoms with E-state index in [1.165, 1.54) is 19.3 Å². The van der Waals surface area contributed by atoms with Gasteiger partial charge in [-0.2, -0.15) is 5.10 Å². The fraction of sp³-hybridized carbons (Fsp3) is 0.700. The molecule has 0 aliphatic carbocycles. The lowest BCUT2D eigenvalue weighted by Crippen LogP contribution is -2.27. The zero-order valence-corrected chi connectivity index (χ0v) is 8.51. The van der Waals surface area contributed by atoms with Crippen LogP contribution in [0.3, 0.4) is 0 Å². The smallest absolute Gasteiger partial charge is 0.0490 e. The van der Waals surface area contributed by atoms with Crippen molar-refractivity contribution in [3.05, 3.63) is 18.0 Å². The van der Waals surface area contributed by atoms with E-state index >= 15 is 0 Å². The van der Waals surface area contributed by atoms with Crippen molar-refractivity contribution in [3.8, 4) is 0 Å². The highest BCUT2D eigenvalue weighted by Crippen LogP contribution is 2.02. The van der Waals surface area contributed by atoms with Crippen LogP contribution in [0.5, 0.6) is 0 Å². The van der Waals surface area contributed by atoms with Crippen molar-refractivity contribution in [2.75, 3.05) is 0 Å². The van der Waals surface area contributed by atoms with E-state index in [4.69, 9.17) is 0 Å². The van der Waals surface area contributed by atoms with Crippen LogP contribution < -0.4 is 5.32 Å². The number of nitrogens with zero attached hydrogens (tertiary/aromatic N) is 1. The summed E-state index contributed by atoms with van der Waals surface area (Å²) in [6.07, 6.45) is 5.49. The van der Waals surface area contributed by atoms with Gasteiger partial charge in [0, 0.05) is 24.5 Å². The summed E-state index contributed by atoms with van der Waals surface area (Å²) >= 11 is 0. The normalized spacial score (nSPS) is 13.1. The predicted octanol–water partition coefficient (Wildman–Crippen LogP) is 2.08. The summed E-state index contributed by atoms with van der Waals surface area (Å²) in [5.41, 5.74) is 1.16. The third kappa shape index (κ3) is 3.59. The summed E-state index contributed by atoms with van der Waals surface area (Å²) in [4.78, 5) is 0. The molecule has 1 unspecified atom stereocenters. The minimum atomic E-state index is 0.647. The molecule has 0 amide bonds. The molecule has 3 nitrogen and oxygen atoms in total. The maximum absolute atomic E-state index is 3.91. The number of hydrogen-bond acceptors (Lipinski definition) is 2. The lowest BCUT2D eigenvalue weighted by molar-refractivity contribution is 0.459. The number of rotatable bonds is 6. The third-order valence-electron chi connectivity index (χ3n) is 2.27. The van der Waals surface area contributed by atoms with Crippen molar-refractivity contribution in [2.45, 2.75) is 45.7 Å². The van der Waals surface area contributed by atoms with Crippen molar-refractivity contribution in [3.63, 3.8) is 0 Å². The first-order chi connectivity index (χ1) is 6.36. The van der Waals surface area contributed by atoms with Crippen molar-refractivity contribution < 1.29 is 0 Å². The Balaban J connectivity index is 2.23. The molecule has 0 saturated carbocycles. The van der Waals surface area contributed by atoms with Gasteiger partial charge in [-0.3, -0.25) is 5.10 Å². The summed E-state index contributed by atoms with van der Waals surface area (Å²) in [5.74, 6) is 0. The molecule has 1 heterocycles. The zero-order valence-electron chi connectivity index (χ0n) is 8.51. The average Bonchev–Trinajstić information content (AvgIpc) is 2.64. The molecule has 1 aromatic rings. The Labute approximate surface area is 79.9 Å². The van der Waals surface area contributed by atoms with E-state index in [0.29, 0.717) is 6.04 Å². The van der Waals surface area contributed by atoms with Crippen molar-refractivity contribution in [1.29, 1.82) is 0 Å². The molecule has 0 fully saturated rings. The Morgan fingerprint density at radius 1 is 1.54 bits per heavy atom. The van der Waals surface area contributed by atoms with Crippen LogP contribution in [0.1, 0.15) is 38.8 Å². The second-order valence-electron chi connectivity index (χ2n) is 3.36. The molecule has 2 N–H and O–H groups in total. The first-order valence-electron chi connectivity index (χ1n) is 5.08. The van der Waals surface area contributed by atoms with E-state index in [1.54, 1.807) is 6.20 Å². The molecule has 3 heteroatoms. The molecule has 0 aromatic carbocycles. The maximum Gasteiger partial charge on any atom is 0.0490 e. The first-order valence-corrected chi connectivity index (χ1v) is 5.08. The summed E-state index contributed by atoms with van der Waals surface area (Å²) < 4.78 is 0. The highest BCUT2D eigenvalue weighted by Gasteiger charge is 2.03. The van der Waals surface area contributed by atoms with Gasteiger partial charge in [-0.15, -0.1) is 0 Å². The quantitative estimate of drug-likeness (QED) is 0.705. The van der Waals surface area contributed by atoms with Gasteiger partial charge in [0.2, 0.25) is 0 Å². The number of H-pyrrole nitrogens is 1. The molecule has 0 aliphatic rings. The Morgan fingerprint density at radius 2 is 2.38 bits per heavy atom. The Hall–Kier alpha value is -0.830. The molecular formula is C10H19N3. The lowest BCUT2D eigenvalue weighted by Gasteiger charge is -2.14. The van der Waals surface area contributed by atoms with Crippen LogP contribution in [0, 0.1) is 0 Å². The predicted molar refractivity (Wildman–Crippen MR) is 54.4 cm³/mol. The Morgan fingerprint density at radius 3 is 2.92 bits per heavy atom. The van der Waals surface area contributed by atoms with Crippen LogP contribution in [-0.2, 0) is 6.54 Å². The first kappa shape index (κ1) is 10.3. The molecule has 1 atom stereocenters. The highest BCUT2D eigenvalue weighted by molar-refractivity contribution is 4.96. The van der Waals surface area contributed by atoms with Crippen molar-refractivity contribution in [1.82, 2.24) is 15.5 Å². The van der Waals surface area contributed by atoms with Gasteiger partial charge in [0.25, 0.3) is 0 Å². The molecule has 1 rings (SSSR count). The van der Waals surface area contributed by atoms with Crippen LogP contribution in [-0.4, -0.2) is 16.2 Å². The Kier molecular flexibility index (Phi) is 4.54. The topological polar surface area (TPSA) is 40.7 Å². The van der Waals surface area contributed by atoms with Crippen molar-refractivity contribution >= 4 is 0 Å². The largest absolute Gasteiger partial charge is 0.308 e. The molecule has 74 valence electrons. The summed E-state index contributed by atoms with van der Waals surface area (Å²) in [6.45, 7) is 5.35. The monoisotopic (exact) mass is 181 g/mol. The van der Waals surface area contributed by atoms with E-state index in [1.807, 2.05) is 6.07 Å². The van der Waals surface area contributed by atoms with Gasteiger partial charge < -0.3 is 5.32 Å². The van der Waals surface area contributed by atoms with Gasteiger partial charge in [0.15, 0.2) is 0 Å². The minimum absolute atomic E-state index is 0.647. The van der Waals surface area contributed by atoms with E-state index in [0.717, 1.165) is 12.2 Å². The van der Waals surface area contributed by atoms with Crippen LogP contribution in [0.15, 0.2) is 12.3 Å². The molecule has 0 bridgehead atoms. The molecule has 0 spiro atoms. The average molecular weight is 181 g/mol. The van der Waals surface area contributed by atoms with Gasteiger partial charge in [0.05, 0.1) is 0 Å². The van der Waals surface area contributed by atoms with Crippen molar-refractivity contribution in [2.24, 2.45) is 0 Å². The summed E-state index contributed by atoms with van der Waals surface area (Å²) in [7, 11) is 0. The van der Waals surface area contributed by atoms with Gasteiger partial charge in [0.1, 0.15) is 0 Å². The minimum Gasteiger partial charge on any atom is -0.308 e. The van der Waals surface area contributed by atoms with Crippen LogP contribution >= 0.6 is 0 Å². The lowest BCUT2D eigenvalue weighted by atomic mass is 10.1. The van der Waals surface area contributed by atoms with Crippen LogP contribution in [0.25, 0.3) is 0 Å². The number of hydrogen-bond donors (Lipinski definition) is 2. The standard InChI is InChI=1S/C10H19N3/c1-3-5-9(4-2)11-8-10-6-7-12-13-10/h6-7,9,11H,3-5,8H2,1-2H3,(H,12,13). The number of aromatic nitrogens is 2. The van der Waals surface area contributed by atoms with E-state index in [9.17, 15) is 0 Å². The van der Waals surface area contributed by atoms with E-state index in [2.05, 4.69) is 29.4 Å². The SMILES string of the molecule is CCCC(CC)NCc1ccn[nH]1. The zero-order chi connectivity index (χ0) is 9.52. The summed E-state index contributed by atoms with van der Waals surface area (Å²) in [5, 5.41) is 10.4. The fourth-order valence-corrected chi connectivity index (χ4v) is 1.44. The molecule has 13 heavy (non-hydrogen) atoms. The maximum atomic E-state index is 3.91. The summed E-state index contributed by atoms with van der Waals surface area (Å²) in [6, 6.07) is 2.65. The van der Waals surface area contributed by atoms with Gasteiger partial charge in [-0.25, -0.2) is 0 Å². The fourth-order valence-electron chi connectivity index (χ4n) is 1.44. The molecule has 0 aliphatic heterocycles.